The van der Waals surface area contributed by atoms with Crippen molar-refractivity contribution in [3.8, 4) is 33.2 Å². The van der Waals surface area contributed by atoms with Gasteiger partial charge in [0.25, 0.3) is 0 Å². The maximum absolute atomic E-state index is 5.07. The van der Waals surface area contributed by atoms with E-state index in [0.717, 1.165) is 33.8 Å². The Morgan fingerprint density at radius 2 is 1.16 bits per heavy atom. The second kappa shape index (κ2) is 9.55. The van der Waals surface area contributed by atoms with E-state index in [-0.39, 0.29) is 0 Å². The average Bonchev–Trinajstić information content (AvgIpc) is 3.77. The molecular weight excluding hydrogens is 543 g/mol. The molecule has 0 aliphatic heterocycles. The minimum absolute atomic E-state index is 0.940. The van der Waals surface area contributed by atoms with Gasteiger partial charge in [-0.25, -0.2) is 4.98 Å². The molecular formula is C39H25N3S. The van der Waals surface area contributed by atoms with Gasteiger partial charge < -0.3 is 4.57 Å². The van der Waals surface area contributed by atoms with Crippen molar-refractivity contribution in [3.05, 3.63) is 152 Å². The van der Waals surface area contributed by atoms with Gasteiger partial charge in [0.15, 0.2) is 0 Å². The molecule has 3 aromatic heterocycles. The number of nitrogens with zero attached hydrogens (tertiary/aromatic N) is 3. The molecule has 0 N–H and O–H groups in total. The van der Waals surface area contributed by atoms with Crippen LogP contribution in [0.4, 0.5) is 0 Å². The Hall–Kier alpha value is -5.45. The van der Waals surface area contributed by atoms with Gasteiger partial charge in [0.05, 0.1) is 22.1 Å². The fourth-order valence-electron chi connectivity index (χ4n) is 6.41. The number of aromatic nitrogens is 3. The first-order valence-electron chi connectivity index (χ1n) is 14.5. The number of para-hydroxylation sites is 3. The molecule has 6 aromatic carbocycles. The summed E-state index contributed by atoms with van der Waals surface area (Å²) in [5.74, 6) is 0.940. The van der Waals surface area contributed by atoms with Gasteiger partial charge in [0, 0.05) is 37.3 Å². The van der Waals surface area contributed by atoms with Gasteiger partial charge in [-0.15, -0.1) is 11.3 Å². The zero-order valence-electron chi connectivity index (χ0n) is 23.2. The summed E-state index contributed by atoms with van der Waals surface area (Å²) >= 11 is 1.88. The third-order valence-electron chi connectivity index (χ3n) is 8.32. The molecule has 0 aliphatic carbocycles. The van der Waals surface area contributed by atoms with Crippen LogP contribution in [0.15, 0.2) is 152 Å². The Bertz CT molecular complexity index is 2450. The van der Waals surface area contributed by atoms with Crippen LogP contribution >= 0.6 is 11.3 Å². The Morgan fingerprint density at radius 1 is 0.488 bits per heavy atom. The van der Waals surface area contributed by atoms with E-state index in [2.05, 4.69) is 155 Å². The second-order valence-corrected chi connectivity index (χ2v) is 11.9. The van der Waals surface area contributed by atoms with Crippen molar-refractivity contribution >= 4 is 54.3 Å². The van der Waals surface area contributed by atoms with E-state index in [1.807, 2.05) is 17.4 Å². The Balaban J connectivity index is 1.29. The van der Waals surface area contributed by atoms with Crippen LogP contribution in [0.3, 0.4) is 0 Å². The normalized spacial score (nSPS) is 11.7. The van der Waals surface area contributed by atoms with Crippen LogP contribution in [0, 0.1) is 0 Å². The van der Waals surface area contributed by atoms with Gasteiger partial charge in [-0.3, -0.25) is 4.57 Å². The topological polar surface area (TPSA) is 22.8 Å². The van der Waals surface area contributed by atoms with E-state index in [0.29, 0.717) is 0 Å². The van der Waals surface area contributed by atoms with Crippen molar-refractivity contribution in [1.82, 2.24) is 14.1 Å². The molecule has 9 aromatic rings. The summed E-state index contributed by atoms with van der Waals surface area (Å²) in [6.07, 6.45) is 0. The highest BCUT2D eigenvalue weighted by Crippen LogP contribution is 2.43. The molecule has 3 nitrogen and oxygen atoms in total. The quantitative estimate of drug-likeness (QED) is 0.207. The van der Waals surface area contributed by atoms with Gasteiger partial charge in [-0.2, -0.15) is 0 Å². The Morgan fingerprint density at radius 3 is 1.98 bits per heavy atom. The van der Waals surface area contributed by atoms with Crippen molar-refractivity contribution < 1.29 is 0 Å². The maximum Gasteiger partial charge on any atom is 0.145 e. The summed E-state index contributed by atoms with van der Waals surface area (Å²) in [4.78, 5) is 6.36. The van der Waals surface area contributed by atoms with Crippen molar-refractivity contribution in [2.24, 2.45) is 0 Å². The van der Waals surface area contributed by atoms with Crippen molar-refractivity contribution in [2.75, 3.05) is 0 Å². The van der Waals surface area contributed by atoms with E-state index < -0.39 is 0 Å². The first kappa shape index (κ1) is 24.2. The molecule has 3 heterocycles. The fourth-order valence-corrected chi connectivity index (χ4v) is 7.63. The number of fused-ring (bicyclic) bond motifs is 6. The maximum atomic E-state index is 5.07. The zero-order chi connectivity index (χ0) is 28.3. The largest absolute Gasteiger partial charge is 0.309 e. The summed E-state index contributed by atoms with van der Waals surface area (Å²) in [5.41, 5.74) is 9.05. The zero-order valence-corrected chi connectivity index (χ0v) is 24.0. The predicted octanol–water partition coefficient (Wildman–Crippen LogP) is 10.7. The van der Waals surface area contributed by atoms with E-state index in [1.165, 1.54) is 42.3 Å². The first-order valence-corrected chi connectivity index (χ1v) is 15.3. The van der Waals surface area contributed by atoms with Crippen LogP contribution in [-0.2, 0) is 0 Å². The van der Waals surface area contributed by atoms with E-state index in [4.69, 9.17) is 4.98 Å². The lowest BCUT2D eigenvalue weighted by molar-refractivity contribution is 1.09. The molecule has 9 rings (SSSR count). The number of hydrogen-bond acceptors (Lipinski definition) is 2. The van der Waals surface area contributed by atoms with Gasteiger partial charge in [-0.05, 0) is 59.5 Å². The summed E-state index contributed by atoms with van der Waals surface area (Å²) in [5, 5.41) is 3.86. The van der Waals surface area contributed by atoms with Crippen molar-refractivity contribution in [2.45, 2.75) is 0 Å². The molecule has 0 amide bonds. The molecule has 0 aliphatic rings. The number of rotatable bonds is 4. The number of thiophene rings is 1. The van der Waals surface area contributed by atoms with E-state index >= 15 is 0 Å². The second-order valence-electron chi connectivity index (χ2n) is 10.9. The Kier molecular flexibility index (Phi) is 5.37. The molecule has 0 saturated heterocycles. The molecule has 0 fully saturated rings. The summed E-state index contributed by atoms with van der Waals surface area (Å²) < 4.78 is 6.03. The van der Waals surface area contributed by atoms with Crippen LogP contribution in [-0.4, -0.2) is 14.1 Å². The smallest absolute Gasteiger partial charge is 0.145 e. The highest BCUT2D eigenvalue weighted by Gasteiger charge is 2.19. The summed E-state index contributed by atoms with van der Waals surface area (Å²) in [6, 6.07) is 54.0. The van der Waals surface area contributed by atoms with Crippen LogP contribution in [0.5, 0.6) is 0 Å². The van der Waals surface area contributed by atoms with Gasteiger partial charge in [0.2, 0.25) is 0 Å². The first-order chi connectivity index (χ1) is 21.3. The molecule has 0 saturated carbocycles. The van der Waals surface area contributed by atoms with E-state index in [9.17, 15) is 0 Å². The number of imidazole rings is 1. The molecule has 4 heteroatoms. The number of hydrogen-bond donors (Lipinski definition) is 0. The standard InChI is InChI=1S/C39H25N3S/c1-3-12-26(13-4-1)36-24-28-22-23-35-37(38(28)43-36)31-18-7-9-20-33(31)41(35)29-16-11-17-30(25-29)42-34-21-10-8-19-32(34)40-39(42)27-14-5-2-6-15-27/h1-25H. The third kappa shape index (κ3) is 3.77. The van der Waals surface area contributed by atoms with Gasteiger partial charge >= 0.3 is 0 Å². The summed E-state index contributed by atoms with van der Waals surface area (Å²) in [6.45, 7) is 0. The number of benzene rings is 6. The monoisotopic (exact) mass is 567 g/mol. The van der Waals surface area contributed by atoms with Gasteiger partial charge in [-0.1, -0.05) is 103 Å². The highest BCUT2D eigenvalue weighted by molar-refractivity contribution is 7.23. The third-order valence-corrected chi connectivity index (χ3v) is 9.53. The van der Waals surface area contributed by atoms with Crippen molar-refractivity contribution in [3.63, 3.8) is 0 Å². The predicted molar refractivity (Wildman–Crippen MR) is 182 cm³/mol. The minimum atomic E-state index is 0.940. The molecule has 202 valence electrons. The van der Waals surface area contributed by atoms with Crippen LogP contribution in [0.25, 0.3) is 76.1 Å². The highest BCUT2D eigenvalue weighted by atomic mass is 32.1. The Labute approximate surface area is 252 Å². The van der Waals surface area contributed by atoms with Gasteiger partial charge in [0.1, 0.15) is 5.82 Å². The average molecular weight is 568 g/mol. The molecule has 0 unspecified atom stereocenters. The molecule has 0 atom stereocenters. The molecule has 0 bridgehead atoms. The molecule has 0 spiro atoms. The molecule has 43 heavy (non-hydrogen) atoms. The van der Waals surface area contributed by atoms with E-state index in [1.54, 1.807) is 0 Å². The lowest BCUT2D eigenvalue weighted by Gasteiger charge is -2.13. The van der Waals surface area contributed by atoms with Crippen molar-refractivity contribution in [1.29, 1.82) is 0 Å². The lowest BCUT2D eigenvalue weighted by Crippen LogP contribution is -2.00. The summed E-state index contributed by atoms with van der Waals surface area (Å²) in [7, 11) is 0. The minimum Gasteiger partial charge on any atom is -0.309 e. The van der Waals surface area contributed by atoms with Crippen LogP contribution < -0.4 is 0 Å². The lowest BCUT2D eigenvalue weighted by atomic mass is 10.1. The van der Waals surface area contributed by atoms with Crippen LogP contribution in [0.2, 0.25) is 0 Å². The fraction of sp³-hybridized carbons (Fsp3) is 0. The van der Waals surface area contributed by atoms with Crippen LogP contribution in [0.1, 0.15) is 0 Å². The molecule has 0 radical (unpaired) electrons. The SMILES string of the molecule is c1ccc(-c2cc3ccc4c(c5ccccc5n4-c4cccc(-n5c(-c6ccccc6)nc6ccccc65)c4)c3s2)cc1.